The molecule has 0 bridgehead atoms. The maximum absolute atomic E-state index is 12.5. The van der Waals surface area contributed by atoms with Crippen molar-refractivity contribution in [1.29, 1.82) is 0 Å². The molecule has 0 heterocycles. The number of nitrogens with one attached hydrogen (secondary N) is 1. The molecule has 0 radical (unpaired) electrons. The summed E-state index contributed by atoms with van der Waals surface area (Å²) in [5, 5.41) is 3.28. The molecule has 3 aromatic rings. The number of carbonyl (C=O) groups is 1. The summed E-state index contributed by atoms with van der Waals surface area (Å²) in [6.45, 7) is 0.161. The van der Waals surface area contributed by atoms with E-state index in [1.807, 2.05) is 36.4 Å². The smallest absolute Gasteiger partial charge is 0.232 e. The quantitative estimate of drug-likeness (QED) is 0.471. The van der Waals surface area contributed by atoms with Crippen molar-refractivity contribution in [2.45, 2.75) is 12.8 Å². The lowest BCUT2D eigenvalue weighted by Gasteiger charge is -2.22. The predicted molar refractivity (Wildman–Crippen MR) is 124 cm³/mol. The second-order valence-corrected chi connectivity index (χ2v) is 9.22. The summed E-state index contributed by atoms with van der Waals surface area (Å²) in [6, 6.07) is 23.0. The van der Waals surface area contributed by atoms with Crippen LogP contribution in [0.1, 0.15) is 12.8 Å². The number of anilines is 2. The Kier molecular flexibility index (Phi) is 7.55. The lowest BCUT2D eigenvalue weighted by atomic mass is 10.2. The first kappa shape index (κ1) is 22.7. The van der Waals surface area contributed by atoms with E-state index in [1.165, 1.54) is 4.31 Å². The maximum atomic E-state index is 12.5. The number of hydrogen-bond donors (Lipinski definition) is 1. The van der Waals surface area contributed by atoms with Gasteiger partial charge in [-0.2, -0.15) is 0 Å². The van der Waals surface area contributed by atoms with Crippen LogP contribution in [0.4, 0.5) is 11.4 Å². The van der Waals surface area contributed by atoms with Crippen LogP contribution >= 0.6 is 11.6 Å². The van der Waals surface area contributed by atoms with Crippen LogP contribution in [0.3, 0.4) is 0 Å². The van der Waals surface area contributed by atoms with Crippen molar-refractivity contribution in [3.63, 3.8) is 0 Å². The highest BCUT2D eigenvalue weighted by Crippen LogP contribution is 2.29. The van der Waals surface area contributed by atoms with Gasteiger partial charge in [-0.05, 0) is 48.9 Å². The van der Waals surface area contributed by atoms with Gasteiger partial charge in [0, 0.05) is 18.0 Å². The molecule has 1 N–H and O–H groups in total. The van der Waals surface area contributed by atoms with Gasteiger partial charge in [0.05, 0.1) is 17.6 Å². The van der Waals surface area contributed by atoms with E-state index in [-0.39, 0.29) is 18.9 Å². The van der Waals surface area contributed by atoms with Crippen LogP contribution in [0.5, 0.6) is 11.5 Å². The highest BCUT2D eigenvalue weighted by Gasteiger charge is 2.18. The average molecular weight is 459 g/mol. The Labute approximate surface area is 187 Å². The fourth-order valence-electron chi connectivity index (χ4n) is 2.99. The number of sulfonamides is 1. The van der Waals surface area contributed by atoms with E-state index in [9.17, 15) is 13.2 Å². The molecule has 1 amide bonds. The number of benzene rings is 3. The second kappa shape index (κ2) is 10.3. The molecule has 3 rings (SSSR count). The molecule has 0 unspecified atom stereocenters. The van der Waals surface area contributed by atoms with Crippen LogP contribution < -0.4 is 14.4 Å². The van der Waals surface area contributed by atoms with Crippen molar-refractivity contribution in [2.75, 3.05) is 22.4 Å². The number of nitrogens with zero attached hydrogens (tertiary/aromatic N) is 1. The Balaban J connectivity index is 1.61. The summed E-state index contributed by atoms with van der Waals surface area (Å²) < 4.78 is 31.5. The van der Waals surface area contributed by atoms with E-state index < -0.39 is 10.0 Å². The molecule has 162 valence electrons. The largest absolute Gasteiger partial charge is 0.455 e. The third-order valence-corrected chi connectivity index (χ3v) is 5.82. The van der Waals surface area contributed by atoms with Crippen LogP contribution in [0.15, 0.2) is 78.9 Å². The highest BCUT2D eigenvalue weighted by atomic mass is 35.5. The van der Waals surface area contributed by atoms with E-state index in [4.69, 9.17) is 16.3 Å². The lowest BCUT2D eigenvalue weighted by molar-refractivity contribution is -0.116. The Morgan fingerprint density at radius 1 is 1.00 bits per heavy atom. The minimum atomic E-state index is -3.51. The van der Waals surface area contributed by atoms with Gasteiger partial charge in [-0.1, -0.05) is 48.0 Å². The standard InChI is InChI=1S/C23H23ClN2O4S/c1-31(28,29)26(19-10-7-9-18(24)17-19)16-8-15-23(27)25-21-13-5-6-14-22(21)30-20-11-3-2-4-12-20/h2-7,9-14,17H,8,15-16H2,1H3,(H,25,27). The average Bonchev–Trinajstić information content (AvgIpc) is 2.72. The van der Waals surface area contributed by atoms with Gasteiger partial charge in [0.15, 0.2) is 5.75 Å². The fourth-order valence-corrected chi connectivity index (χ4v) is 4.13. The van der Waals surface area contributed by atoms with Gasteiger partial charge < -0.3 is 10.1 Å². The molecule has 0 saturated heterocycles. The summed E-state index contributed by atoms with van der Waals surface area (Å²) in [4.78, 5) is 12.5. The van der Waals surface area contributed by atoms with Gasteiger partial charge in [-0.25, -0.2) is 8.42 Å². The van der Waals surface area contributed by atoms with Gasteiger partial charge in [-0.15, -0.1) is 0 Å². The number of ether oxygens (including phenoxy) is 1. The molecule has 0 aliphatic carbocycles. The molecule has 8 heteroatoms. The van der Waals surface area contributed by atoms with E-state index in [1.54, 1.807) is 42.5 Å². The SMILES string of the molecule is CS(=O)(=O)N(CCCC(=O)Nc1ccccc1Oc1ccccc1)c1cccc(Cl)c1. The number of para-hydroxylation sites is 3. The van der Waals surface area contributed by atoms with E-state index in [2.05, 4.69) is 5.32 Å². The Morgan fingerprint density at radius 2 is 1.71 bits per heavy atom. The first-order valence-electron chi connectivity index (χ1n) is 9.68. The van der Waals surface area contributed by atoms with E-state index in [0.29, 0.717) is 34.3 Å². The highest BCUT2D eigenvalue weighted by molar-refractivity contribution is 7.92. The molecule has 0 spiro atoms. The van der Waals surface area contributed by atoms with Crippen LogP contribution in [-0.2, 0) is 14.8 Å². The molecule has 31 heavy (non-hydrogen) atoms. The monoisotopic (exact) mass is 458 g/mol. The van der Waals surface area contributed by atoms with E-state index >= 15 is 0 Å². The maximum Gasteiger partial charge on any atom is 0.232 e. The summed E-state index contributed by atoms with van der Waals surface area (Å²) in [5.74, 6) is 0.955. The number of rotatable bonds is 9. The number of amides is 1. The molecule has 0 atom stereocenters. The molecule has 0 aliphatic heterocycles. The Morgan fingerprint density at radius 3 is 2.42 bits per heavy atom. The van der Waals surface area contributed by atoms with Crippen molar-refractivity contribution in [1.82, 2.24) is 0 Å². The Bertz CT molecular complexity index is 1140. The summed E-state index contributed by atoms with van der Waals surface area (Å²) in [7, 11) is -3.51. The van der Waals surface area contributed by atoms with Gasteiger partial charge >= 0.3 is 0 Å². The summed E-state index contributed by atoms with van der Waals surface area (Å²) in [6.07, 6.45) is 1.62. The minimum Gasteiger partial charge on any atom is -0.455 e. The van der Waals surface area contributed by atoms with Crippen molar-refractivity contribution in [2.24, 2.45) is 0 Å². The molecule has 0 fully saturated rings. The first-order chi connectivity index (χ1) is 14.8. The molecule has 0 aromatic heterocycles. The van der Waals surface area contributed by atoms with Gasteiger partial charge in [0.2, 0.25) is 15.9 Å². The Hall–Kier alpha value is -3.03. The molecule has 6 nitrogen and oxygen atoms in total. The molecule has 0 saturated carbocycles. The van der Waals surface area contributed by atoms with Crippen molar-refractivity contribution < 1.29 is 17.9 Å². The molecule has 0 aliphatic rings. The van der Waals surface area contributed by atoms with Gasteiger partial charge in [0.1, 0.15) is 5.75 Å². The van der Waals surface area contributed by atoms with E-state index in [0.717, 1.165) is 6.26 Å². The third-order valence-electron chi connectivity index (χ3n) is 4.39. The number of halogens is 1. The van der Waals surface area contributed by atoms with Crippen LogP contribution in [0.2, 0.25) is 5.02 Å². The summed E-state index contributed by atoms with van der Waals surface area (Å²) in [5.41, 5.74) is 1.02. The van der Waals surface area contributed by atoms with Crippen molar-refractivity contribution in [3.05, 3.63) is 83.9 Å². The van der Waals surface area contributed by atoms with Gasteiger partial charge in [-0.3, -0.25) is 9.10 Å². The predicted octanol–water partition coefficient (Wildman–Crippen LogP) is 5.32. The van der Waals surface area contributed by atoms with Crippen LogP contribution in [0.25, 0.3) is 0 Å². The fraction of sp³-hybridized carbons (Fsp3) is 0.174. The number of carbonyl (C=O) groups excluding carboxylic acids is 1. The normalized spacial score (nSPS) is 11.0. The topological polar surface area (TPSA) is 75.7 Å². The van der Waals surface area contributed by atoms with Crippen LogP contribution in [-0.4, -0.2) is 27.1 Å². The molecular weight excluding hydrogens is 436 g/mol. The zero-order valence-electron chi connectivity index (χ0n) is 17.0. The molecular formula is C23H23ClN2O4S. The summed E-state index contributed by atoms with van der Waals surface area (Å²) >= 11 is 5.99. The first-order valence-corrected chi connectivity index (χ1v) is 11.9. The zero-order valence-corrected chi connectivity index (χ0v) is 18.6. The van der Waals surface area contributed by atoms with Crippen molar-refractivity contribution >= 4 is 38.9 Å². The third kappa shape index (κ3) is 6.73. The molecule has 3 aromatic carbocycles. The van der Waals surface area contributed by atoms with Crippen LogP contribution in [0, 0.1) is 0 Å². The zero-order chi connectivity index (χ0) is 22.3. The van der Waals surface area contributed by atoms with Crippen molar-refractivity contribution in [3.8, 4) is 11.5 Å². The second-order valence-electron chi connectivity index (χ2n) is 6.88. The van der Waals surface area contributed by atoms with Gasteiger partial charge in [0.25, 0.3) is 0 Å². The lowest BCUT2D eigenvalue weighted by Crippen LogP contribution is -2.31. The number of hydrogen-bond acceptors (Lipinski definition) is 4. The minimum absolute atomic E-state index is 0.145.